The van der Waals surface area contributed by atoms with Crippen molar-refractivity contribution in [3.05, 3.63) is 42.7 Å². The van der Waals surface area contributed by atoms with Crippen LogP contribution in [-0.4, -0.2) is 21.5 Å². The summed E-state index contributed by atoms with van der Waals surface area (Å²) in [4.78, 5) is 15.2. The molecule has 2 aromatic rings. The number of primary amides is 1. The van der Waals surface area contributed by atoms with Crippen LogP contribution in [0.2, 0.25) is 0 Å². The summed E-state index contributed by atoms with van der Waals surface area (Å²) in [6, 6.07) is 9.25. The zero-order chi connectivity index (χ0) is 13.0. The molecule has 0 aliphatic carbocycles. The van der Waals surface area contributed by atoms with E-state index in [1.807, 2.05) is 41.1 Å². The van der Waals surface area contributed by atoms with E-state index in [0.717, 1.165) is 11.4 Å². The average Bonchev–Trinajstić information content (AvgIpc) is 2.85. The number of nitrogens with two attached hydrogens (primary N) is 2. The van der Waals surface area contributed by atoms with Crippen LogP contribution < -0.4 is 11.5 Å². The van der Waals surface area contributed by atoms with Gasteiger partial charge in [0.1, 0.15) is 5.82 Å². The molecule has 5 heteroatoms. The molecule has 1 aromatic heterocycles. The van der Waals surface area contributed by atoms with E-state index < -0.39 is 11.9 Å². The number of carbonyl (C=O) groups is 1. The fourth-order valence-electron chi connectivity index (χ4n) is 1.76. The van der Waals surface area contributed by atoms with Gasteiger partial charge in [0.05, 0.1) is 6.04 Å². The van der Waals surface area contributed by atoms with E-state index in [1.54, 1.807) is 6.20 Å². The van der Waals surface area contributed by atoms with E-state index in [4.69, 9.17) is 11.5 Å². The number of nitrogens with zero attached hydrogens (tertiary/aromatic N) is 2. The van der Waals surface area contributed by atoms with Gasteiger partial charge >= 0.3 is 0 Å². The Kier molecular flexibility index (Phi) is 3.74. The van der Waals surface area contributed by atoms with Gasteiger partial charge in [0, 0.05) is 24.5 Å². The predicted octanol–water partition coefficient (Wildman–Crippen LogP) is 0.753. The van der Waals surface area contributed by atoms with Crippen LogP contribution in [0.25, 0.3) is 11.4 Å². The molecular formula is C13H16N4O. The maximum atomic E-state index is 10.9. The van der Waals surface area contributed by atoms with Crippen LogP contribution in [-0.2, 0) is 11.3 Å². The highest BCUT2D eigenvalue weighted by molar-refractivity contribution is 5.79. The summed E-state index contributed by atoms with van der Waals surface area (Å²) in [7, 11) is 0. The van der Waals surface area contributed by atoms with Gasteiger partial charge in [-0.05, 0) is 6.42 Å². The van der Waals surface area contributed by atoms with Gasteiger partial charge in [-0.3, -0.25) is 4.79 Å². The molecule has 5 nitrogen and oxygen atoms in total. The molecule has 94 valence electrons. The normalized spacial score (nSPS) is 12.3. The van der Waals surface area contributed by atoms with E-state index in [2.05, 4.69) is 4.98 Å². The van der Waals surface area contributed by atoms with Gasteiger partial charge in [0.2, 0.25) is 5.91 Å². The van der Waals surface area contributed by atoms with Crippen molar-refractivity contribution in [1.29, 1.82) is 0 Å². The molecule has 1 amide bonds. The zero-order valence-corrected chi connectivity index (χ0v) is 9.99. The standard InChI is InChI=1S/C13H16N4O/c14-11(12(15)18)6-8-17-9-7-16-13(17)10-4-2-1-3-5-10/h1-5,7,9,11H,6,8,14H2,(H2,15,18). The first kappa shape index (κ1) is 12.3. The topological polar surface area (TPSA) is 86.9 Å². The Labute approximate surface area is 105 Å². The van der Waals surface area contributed by atoms with Gasteiger partial charge in [-0.15, -0.1) is 0 Å². The van der Waals surface area contributed by atoms with Crippen LogP contribution in [0.4, 0.5) is 0 Å². The van der Waals surface area contributed by atoms with Crippen LogP contribution in [0.3, 0.4) is 0 Å². The third kappa shape index (κ3) is 2.75. The second kappa shape index (κ2) is 5.46. The van der Waals surface area contributed by atoms with Crippen LogP contribution in [0.15, 0.2) is 42.7 Å². The predicted molar refractivity (Wildman–Crippen MR) is 69.4 cm³/mol. The third-order valence-electron chi connectivity index (χ3n) is 2.79. The number of hydrogen-bond donors (Lipinski definition) is 2. The molecule has 0 radical (unpaired) electrons. The van der Waals surface area contributed by atoms with Crippen LogP contribution in [0, 0.1) is 0 Å². The minimum absolute atomic E-state index is 0.476. The summed E-state index contributed by atoms with van der Waals surface area (Å²) >= 11 is 0. The molecule has 2 rings (SSSR count). The summed E-state index contributed by atoms with van der Waals surface area (Å²) in [6.45, 7) is 0.619. The Morgan fingerprint density at radius 1 is 1.33 bits per heavy atom. The first-order valence-corrected chi connectivity index (χ1v) is 5.80. The summed E-state index contributed by atoms with van der Waals surface area (Å²) in [5, 5.41) is 0. The summed E-state index contributed by atoms with van der Waals surface area (Å²) in [5.74, 6) is 0.392. The summed E-state index contributed by atoms with van der Waals surface area (Å²) in [6.07, 6.45) is 4.11. The lowest BCUT2D eigenvalue weighted by molar-refractivity contribution is -0.119. The minimum atomic E-state index is -0.615. The molecule has 0 fully saturated rings. The second-order valence-corrected chi connectivity index (χ2v) is 4.11. The van der Waals surface area contributed by atoms with Gasteiger partial charge in [-0.2, -0.15) is 0 Å². The fourth-order valence-corrected chi connectivity index (χ4v) is 1.76. The molecule has 4 N–H and O–H groups in total. The Balaban J connectivity index is 2.12. The van der Waals surface area contributed by atoms with Gasteiger partial charge in [0.15, 0.2) is 0 Å². The van der Waals surface area contributed by atoms with E-state index in [0.29, 0.717) is 13.0 Å². The number of benzene rings is 1. The van der Waals surface area contributed by atoms with Crippen molar-refractivity contribution in [2.45, 2.75) is 19.0 Å². The Bertz CT molecular complexity index is 521. The highest BCUT2D eigenvalue weighted by Crippen LogP contribution is 2.17. The van der Waals surface area contributed by atoms with E-state index in [1.165, 1.54) is 0 Å². The van der Waals surface area contributed by atoms with Crippen molar-refractivity contribution in [2.24, 2.45) is 11.5 Å². The number of aromatic nitrogens is 2. The minimum Gasteiger partial charge on any atom is -0.368 e. The lowest BCUT2D eigenvalue weighted by Crippen LogP contribution is -2.37. The van der Waals surface area contributed by atoms with E-state index in [-0.39, 0.29) is 0 Å². The number of hydrogen-bond acceptors (Lipinski definition) is 3. The van der Waals surface area contributed by atoms with Crippen molar-refractivity contribution in [3.8, 4) is 11.4 Å². The molecule has 18 heavy (non-hydrogen) atoms. The monoisotopic (exact) mass is 244 g/mol. The van der Waals surface area contributed by atoms with E-state index in [9.17, 15) is 4.79 Å². The smallest absolute Gasteiger partial charge is 0.234 e. The Hall–Kier alpha value is -2.14. The van der Waals surface area contributed by atoms with Crippen LogP contribution in [0.1, 0.15) is 6.42 Å². The molecule has 1 unspecified atom stereocenters. The van der Waals surface area contributed by atoms with Crippen molar-refractivity contribution < 1.29 is 4.79 Å². The molecule has 0 aliphatic heterocycles. The van der Waals surface area contributed by atoms with Crippen molar-refractivity contribution in [1.82, 2.24) is 9.55 Å². The molecule has 1 heterocycles. The SMILES string of the molecule is NC(=O)C(N)CCn1ccnc1-c1ccccc1. The van der Waals surface area contributed by atoms with Gasteiger partial charge in [-0.1, -0.05) is 30.3 Å². The third-order valence-corrected chi connectivity index (χ3v) is 2.79. The molecule has 1 atom stereocenters. The van der Waals surface area contributed by atoms with Crippen LogP contribution in [0.5, 0.6) is 0 Å². The molecule has 0 bridgehead atoms. The lowest BCUT2D eigenvalue weighted by atomic mass is 10.2. The number of aryl methyl sites for hydroxylation is 1. The highest BCUT2D eigenvalue weighted by atomic mass is 16.1. The maximum absolute atomic E-state index is 10.9. The molecule has 0 aliphatic rings. The number of carbonyl (C=O) groups excluding carboxylic acids is 1. The summed E-state index contributed by atoms with van der Waals surface area (Å²) in [5.41, 5.74) is 11.8. The number of imidazole rings is 1. The first-order chi connectivity index (χ1) is 8.68. The Morgan fingerprint density at radius 3 is 2.72 bits per heavy atom. The highest BCUT2D eigenvalue weighted by Gasteiger charge is 2.11. The zero-order valence-electron chi connectivity index (χ0n) is 9.99. The van der Waals surface area contributed by atoms with Crippen molar-refractivity contribution in [2.75, 3.05) is 0 Å². The van der Waals surface area contributed by atoms with Crippen molar-refractivity contribution in [3.63, 3.8) is 0 Å². The Morgan fingerprint density at radius 2 is 2.06 bits per heavy atom. The molecule has 0 spiro atoms. The largest absolute Gasteiger partial charge is 0.368 e. The van der Waals surface area contributed by atoms with Gasteiger partial charge in [-0.25, -0.2) is 4.98 Å². The summed E-state index contributed by atoms with van der Waals surface area (Å²) < 4.78 is 1.97. The maximum Gasteiger partial charge on any atom is 0.234 e. The van der Waals surface area contributed by atoms with E-state index >= 15 is 0 Å². The first-order valence-electron chi connectivity index (χ1n) is 5.80. The number of rotatable bonds is 5. The fraction of sp³-hybridized carbons (Fsp3) is 0.231. The lowest BCUT2D eigenvalue weighted by Gasteiger charge is -2.10. The number of amides is 1. The van der Waals surface area contributed by atoms with Crippen LogP contribution >= 0.6 is 0 Å². The average molecular weight is 244 g/mol. The van der Waals surface area contributed by atoms with Crippen molar-refractivity contribution >= 4 is 5.91 Å². The molecular weight excluding hydrogens is 228 g/mol. The molecule has 0 saturated carbocycles. The quantitative estimate of drug-likeness (QED) is 0.813. The van der Waals surface area contributed by atoms with Gasteiger partial charge in [0.25, 0.3) is 0 Å². The molecule has 0 saturated heterocycles. The van der Waals surface area contributed by atoms with Gasteiger partial charge < -0.3 is 16.0 Å². The molecule has 1 aromatic carbocycles. The second-order valence-electron chi connectivity index (χ2n) is 4.11.